The molecule has 62 heavy (non-hydrogen) atoms. The van der Waals surface area contributed by atoms with E-state index in [1.54, 1.807) is 19.2 Å². The first-order chi connectivity index (χ1) is 29.7. The number of nitrogens with zero attached hydrogens (tertiary/aromatic N) is 2. The molecule has 6 unspecified atom stereocenters. The minimum atomic E-state index is -1.53. The molecule has 0 bridgehead atoms. The number of aromatic amines is 1. The van der Waals surface area contributed by atoms with Gasteiger partial charge in [-0.15, -0.1) is 0 Å². The fraction of sp³-hybridized carbons (Fsp3) is 0.556. The van der Waals surface area contributed by atoms with E-state index < -0.39 is 84.4 Å². The van der Waals surface area contributed by atoms with E-state index in [0.29, 0.717) is 49.1 Å². The van der Waals surface area contributed by atoms with Crippen molar-refractivity contribution in [3.8, 4) is 17.0 Å². The number of benzene rings is 2. The van der Waals surface area contributed by atoms with Gasteiger partial charge in [-0.05, 0) is 67.1 Å². The lowest BCUT2D eigenvalue weighted by Crippen LogP contribution is -2.60. The number of para-hydroxylation sites is 1. The molecule has 0 spiro atoms. The van der Waals surface area contributed by atoms with Crippen molar-refractivity contribution in [3.05, 3.63) is 54.1 Å². The second-order valence-corrected chi connectivity index (χ2v) is 16.1. The lowest BCUT2D eigenvalue weighted by molar-refractivity contribution is -0.149. The van der Waals surface area contributed by atoms with Gasteiger partial charge in [0.25, 0.3) is 0 Å². The minimum absolute atomic E-state index is 0.0773. The van der Waals surface area contributed by atoms with Crippen LogP contribution < -0.4 is 31.7 Å². The van der Waals surface area contributed by atoms with Gasteiger partial charge in [-0.25, -0.2) is 0 Å². The van der Waals surface area contributed by atoms with E-state index in [1.807, 2.05) is 57.2 Å². The summed E-state index contributed by atoms with van der Waals surface area (Å²) in [6.45, 7) is 5.15. The summed E-state index contributed by atoms with van der Waals surface area (Å²) in [5, 5.41) is 32.2. The predicted octanol–water partition coefficient (Wildman–Crippen LogP) is 1.88. The number of unbranched alkanes of at least 4 members (excludes halogenated alkanes) is 2. The average Bonchev–Trinajstić information content (AvgIpc) is 3.87. The SMILES string of the molecule is CCCCC(C(=O)N(C)C(CCCC)C(N)=O)N(C)C(=O)C(Cc1c(-c2ccc(OC)cc2)[nH]c2ccccc12)NC(=O)C(CO)NC(=O)C(CCC)NC(=O)C1C[C@@H](O)CN1. The molecule has 2 heterocycles. The van der Waals surface area contributed by atoms with Gasteiger partial charge in [0.05, 0.1) is 25.9 Å². The maximum Gasteiger partial charge on any atom is 0.245 e. The Morgan fingerprint density at radius 3 is 2.00 bits per heavy atom. The molecule has 7 atom stereocenters. The highest BCUT2D eigenvalue weighted by Crippen LogP contribution is 2.33. The summed E-state index contributed by atoms with van der Waals surface area (Å²) in [5.74, 6) is -3.18. The Morgan fingerprint density at radius 1 is 0.806 bits per heavy atom. The number of β-amino-alcohol motifs (C(OH)–C–C–N with tert-alkyl or cyclic N) is 1. The molecular formula is C45H66N8O9. The lowest BCUT2D eigenvalue weighted by atomic mass is 9.96. The minimum Gasteiger partial charge on any atom is -0.497 e. The molecule has 17 heteroatoms. The maximum absolute atomic E-state index is 15.0. The Bertz CT molecular complexity index is 1990. The Labute approximate surface area is 363 Å². The molecule has 6 amide bonds. The van der Waals surface area contributed by atoms with Crippen LogP contribution in [-0.4, -0.2) is 137 Å². The number of ether oxygens (including phenoxy) is 1. The zero-order chi connectivity index (χ0) is 45.5. The zero-order valence-electron chi connectivity index (χ0n) is 36.9. The smallest absolute Gasteiger partial charge is 0.245 e. The fourth-order valence-electron chi connectivity index (χ4n) is 7.90. The number of H-pyrrole nitrogens is 1. The summed E-state index contributed by atoms with van der Waals surface area (Å²) in [7, 11) is 4.56. The second kappa shape index (κ2) is 23.6. The summed E-state index contributed by atoms with van der Waals surface area (Å²) in [6, 6.07) is 8.32. The van der Waals surface area contributed by atoms with Crippen molar-refractivity contribution >= 4 is 46.3 Å². The molecule has 1 fully saturated rings. The quantitative estimate of drug-likeness (QED) is 0.0650. The van der Waals surface area contributed by atoms with Crippen LogP contribution in [0.2, 0.25) is 0 Å². The van der Waals surface area contributed by atoms with Gasteiger partial charge in [0.1, 0.15) is 36.0 Å². The van der Waals surface area contributed by atoms with E-state index in [1.165, 1.54) is 23.9 Å². The highest BCUT2D eigenvalue weighted by atomic mass is 16.5. The van der Waals surface area contributed by atoms with Crippen LogP contribution in [0.5, 0.6) is 5.75 Å². The molecule has 0 saturated carbocycles. The van der Waals surface area contributed by atoms with Crippen LogP contribution >= 0.6 is 0 Å². The second-order valence-electron chi connectivity index (χ2n) is 16.1. The number of rotatable bonds is 24. The maximum atomic E-state index is 15.0. The van der Waals surface area contributed by atoms with E-state index in [-0.39, 0.29) is 32.2 Å². The average molecular weight is 863 g/mol. The normalized spacial score (nSPS) is 17.3. The Kier molecular flexibility index (Phi) is 18.7. The number of hydrogen-bond acceptors (Lipinski definition) is 10. The molecule has 1 aliphatic rings. The van der Waals surface area contributed by atoms with E-state index in [0.717, 1.165) is 22.9 Å². The first kappa shape index (κ1) is 49.1. The van der Waals surface area contributed by atoms with E-state index in [9.17, 15) is 39.0 Å². The molecule has 1 aliphatic heterocycles. The number of aliphatic hydroxyl groups excluding tert-OH is 2. The lowest BCUT2D eigenvalue weighted by Gasteiger charge is -2.35. The molecule has 0 aliphatic carbocycles. The monoisotopic (exact) mass is 862 g/mol. The van der Waals surface area contributed by atoms with Gasteiger partial charge in [-0.1, -0.05) is 71.1 Å². The third-order valence-corrected chi connectivity index (χ3v) is 11.6. The van der Waals surface area contributed by atoms with Crippen LogP contribution in [0.3, 0.4) is 0 Å². The summed E-state index contributed by atoms with van der Waals surface area (Å²) >= 11 is 0. The van der Waals surface area contributed by atoms with Crippen molar-refractivity contribution in [2.45, 2.75) is 127 Å². The number of amides is 6. The van der Waals surface area contributed by atoms with Crippen molar-refractivity contribution in [2.75, 3.05) is 34.4 Å². The first-order valence-electron chi connectivity index (χ1n) is 21.7. The Morgan fingerprint density at radius 2 is 1.42 bits per heavy atom. The number of fused-ring (bicyclic) bond motifs is 1. The van der Waals surface area contributed by atoms with Gasteiger partial charge in [0.2, 0.25) is 35.4 Å². The highest BCUT2D eigenvalue weighted by molar-refractivity contribution is 5.98. The predicted molar refractivity (Wildman–Crippen MR) is 236 cm³/mol. The van der Waals surface area contributed by atoms with Gasteiger partial charge in [0.15, 0.2) is 0 Å². The summed E-state index contributed by atoms with van der Waals surface area (Å²) in [6.07, 6.45) is 3.48. The molecule has 0 radical (unpaired) electrons. The number of primary amides is 1. The topological polar surface area (TPSA) is 249 Å². The largest absolute Gasteiger partial charge is 0.497 e. The van der Waals surface area contributed by atoms with Gasteiger partial charge < -0.3 is 56.7 Å². The Balaban J connectivity index is 1.72. The summed E-state index contributed by atoms with van der Waals surface area (Å²) in [4.78, 5) is 88.8. The van der Waals surface area contributed by atoms with Crippen molar-refractivity contribution in [1.82, 2.24) is 36.1 Å². The number of nitrogens with one attached hydrogen (secondary N) is 5. The summed E-state index contributed by atoms with van der Waals surface area (Å²) in [5.41, 5.74) is 8.67. The van der Waals surface area contributed by atoms with Crippen LogP contribution in [0.15, 0.2) is 48.5 Å². The van der Waals surface area contributed by atoms with Crippen LogP contribution in [0.25, 0.3) is 22.2 Å². The van der Waals surface area contributed by atoms with Crippen LogP contribution in [0, 0.1) is 0 Å². The van der Waals surface area contributed by atoms with Crippen LogP contribution in [0.4, 0.5) is 0 Å². The number of carbonyl (C=O) groups excluding carboxylic acids is 6. The number of nitrogens with two attached hydrogens (primary N) is 1. The van der Waals surface area contributed by atoms with Gasteiger partial charge >= 0.3 is 0 Å². The molecule has 4 rings (SSSR count). The number of aromatic nitrogens is 1. The van der Waals surface area contributed by atoms with E-state index in [2.05, 4.69) is 26.3 Å². The fourth-order valence-corrected chi connectivity index (χ4v) is 7.90. The van der Waals surface area contributed by atoms with Crippen molar-refractivity contribution in [1.29, 1.82) is 0 Å². The molecule has 3 aromatic rings. The molecule has 2 aromatic carbocycles. The summed E-state index contributed by atoms with van der Waals surface area (Å²) < 4.78 is 5.38. The highest BCUT2D eigenvalue weighted by Gasteiger charge is 2.38. The molecule has 9 N–H and O–H groups in total. The molecule has 1 aromatic heterocycles. The number of hydrogen-bond donors (Lipinski definition) is 8. The third-order valence-electron chi connectivity index (χ3n) is 11.6. The molecule has 1 saturated heterocycles. The number of methoxy groups -OCH3 is 1. The van der Waals surface area contributed by atoms with Gasteiger partial charge in [-0.3, -0.25) is 28.8 Å². The first-order valence-corrected chi connectivity index (χ1v) is 21.7. The van der Waals surface area contributed by atoms with Crippen molar-refractivity contribution in [3.63, 3.8) is 0 Å². The number of likely N-dealkylation sites (N-methyl/N-ethyl adjacent to an activating group) is 2. The van der Waals surface area contributed by atoms with E-state index in [4.69, 9.17) is 10.5 Å². The number of aliphatic hydroxyl groups is 2. The van der Waals surface area contributed by atoms with Gasteiger partial charge in [-0.2, -0.15) is 0 Å². The van der Waals surface area contributed by atoms with E-state index >= 15 is 0 Å². The van der Waals surface area contributed by atoms with Gasteiger partial charge in [0, 0.05) is 43.7 Å². The zero-order valence-corrected chi connectivity index (χ0v) is 36.9. The van der Waals surface area contributed by atoms with Crippen molar-refractivity contribution in [2.24, 2.45) is 5.73 Å². The van der Waals surface area contributed by atoms with Crippen LogP contribution in [0.1, 0.15) is 84.1 Å². The third kappa shape index (κ3) is 12.5. The Hall–Kier alpha value is -5.52. The number of carbonyl (C=O) groups is 6. The van der Waals surface area contributed by atoms with Crippen LogP contribution in [-0.2, 0) is 35.2 Å². The molecular weight excluding hydrogens is 797 g/mol. The van der Waals surface area contributed by atoms with Crippen molar-refractivity contribution < 1.29 is 43.7 Å². The molecule has 17 nitrogen and oxygen atoms in total. The standard InChI is InChI=1S/C45H66N8O9/c1-7-10-17-37(40(46)56)52(4)45(61)38(18-11-8-2)53(5)44(60)35(24-31-30-15-12-13-16-32(30)48-39(31)27-19-21-29(62-6)22-20-27)50-43(59)36(26-54)51-41(57)33(14-9-3)49-42(58)34-23-28(55)25-47-34/h12-13,15-16,19-22,28,33-38,47-48,54-55H,7-11,14,17-18,23-26H2,1-6H3,(H2,46,56)(H,49,58)(H,50,59)(H,51,57)/t28-,33?,34?,35?,36?,37?,38?/m1/s1. The molecule has 340 valence electrons.